The van der Waals surface area contributed by atoms with Gasteiger partial charge in [-0.3, -0.25) is 9.59 Å². The fraction of sp³-hybridized carbons (Fsp3) is 0.263. The molecule has 0 aromatic heterocycles. The second kappa shape index (κ2) is 9.18. The average Bonchev–Trinajstić information content (AvgIpc) is 2.70. The van der Waals surface area contributed by atoms with E-state index in [1.54, 1.807) is 31.4 Å². The van der Waals surface area contributed by atoms with Gasteiger partial charge in [0.25, 0.3) is 5.91 Å². The molecule has 1 amide bonds. The van der Waals surface area contributed by atoms with Crippen molar-refractivity contribution < 1.29 is 28.5 Å². The molecule has 1 aliphatic heterocycles. The Morgan fingerprint density at radius 3 is 2.74 bits per heavy atom. The van der Waals surface area contributed by atoms with Crippen LogP contribution in [0, 0.1) is 0 Å². The number of anilines is 1. The van der Waals surface area contributed by atoms with Crippen LogP contribution in [0.4, 0.5) is 5.69 Å². The molecule has 0 spiro atoms. The second-order valence-corrected chi connectivity index (χ2v) is 6.58. The van der Waals surface area contributed by atoms with Crippen molar-refractivity contribution in [1.82, 2.24) is 0 Å². The first-order valence-corrected chi connectivity index (χ1v) is 9.24. The van der Waals surface area contributed by atoms with Crippen LogP contribution in [-0.2, 0) is 14.3 Å². The average molecular weight is 389 g/mol. The summed E-state index contributed by atoms with van der Waals surface area (Å²) in [5.41, 5.74) is 0.570. The highest BCUT2D eigenvalue weighted by Crippen LogP contribution is 2.34. The molecule has 2 aromatic carbocycles. The minimum Gasteiger partial charge on any atom is -0.497 e. The van der Waals surface area contributed by atoms with E-state index in [9.17, 15) is 9.59 Å². The van der Waals surface area contributed by atoms with Crippen molar-refractivity contribution in [3.63, 3.8) is 0 Å². The van der Waals surface area contributed by atoms with Crippen molar-refractivity contribution >= 4 is 29.3 Å². The molecule has 0 saturated carbocycles. The maximum atomic E-state index is 11.9. The van der Waals surface area contributed by atoms with Crippen LogP contribution in [-0.4, -0.2) is 44.6 Å². The SMILES string of the molecule is COc1cccc(NC(=O)COC(=O)CSc2ccc3c(c2)OCCO3)c1. The van der Waals surface area contributed by atoms with Crippen LogP contribution in [0.1, 0.15) is 0 Å². The normalized spacial score (nSPS) is 12.2. The van der Waals surface area contributed by atoms with E-state index in [1.165, 1.54) is 11.8 Å². The number of hydrogen-bond donors (Lipinski definition) is 1. The number of ether oxygens (including phenoxy) is 4. The van der Waals surface area contributed by atoms with Crippen LogP contribution < -0.4 is 19.5 Å². The summed E-state index contributed by atoms with van der Waals surface area (Å²) in [5.74, 6) is 1.18. The smallest absolute Gasteiger partial charge is 0.316 e. The number of methoxy groups -OCH3 is 1. The van der Waals surface area contributed by atoms with Crippen LogP contribution in [0.5, 0.6) is 17.2 Å². The quantitative estimate of drug-likeness (QED) is 0.576. The number of thioether (sulfide) groups is 1. The van der Waals surface area contributed by atoms with E-state index in [0.29, 0.717) is 36.1 Å². The van der Waals surface area contributed by atoms with E-state index in [2.05, 4.69) is 5.32 Å². The fourth-order valence-electron chi connectivity index (χ4n) is 2.34. The zero-order valence-electron chi connectivity index (χ0n) is 14.7. The van der Waals surface area contributed by atoms with Crippen molar-refractivity contribution in [2.45, 2.75) is 4.90 Å². The number of carbonyl (C=O) groups is 2. The molecule has 7 nitrogen and oxygen atoms in total. The van der Waals surface area contributed by atoms with E-state index >= 15 is 0 Å². The Morgan fingerprint density at radius 1 is 1.11 bits per heavy atom. The molecule has 0 radical (unpaired) electrons. The third-order valence-corrected chi connectivity index (χ3v) is 4.56. The van der Waals surface area contributed by atoms with Gasteiger partial charge in [0.15, 0.2) is 18.1 Å². The zero-order chi connectivity index (χ0) is 19.1. The molecule has 0 aliphatic carbocycles. The first kappa shape index (κ1) is 18.9. The summed E-state index contributed by atoms with van der Waals surface area (Å²) in [4.78, 5) is 24.6. The lowest BCUT2D eigenvalue weighted by atomic mass is 10.3. The van der Waals surface area contributed by atoms with Crippen LogP contribution in [0.3, 0.4) is 0 Å². The maximum absolute atomic E-state index is 11.9. The van der Waals surface area contributed by atoms with Crippen molar-refractivity contribution in [3.05, 3.63) is 42.5 Å². The highest BCUT2D eigenvalue weighted by Gasteiger charge is 2.13. The van der Waals surface area contributed by atoms with Crippen molar-refractivity contribution in [3.8, 4) is 17.2 Å². The summed E-state index contributed by atoms with van der Waals surface area (Å²) in [5, 5.41) is 2.65. The Bertz CT molecular complexity index is 826. The van der Waals surface area contributed by atoms with E-state index in [0.717, 1.165) is 4.90 Å². The minimum atomic E-state index is -0.476. The van der Waals surface area contributed by atoms with Gasteiger partial charge in [0.05, 0.1) is 12.9 Å². The lowest BCUT2D eigenvalue weighted by Crippen LogP contribution is -2.21. The number of rotatable bonds is 7. The predicted octanol–water partition coefficient (Wildman–Crippen LogP) is 2.74. The van der Waals surface area contributed by atoms with Crippen LogP contribution in [0.25, 0.3) is 0 Å². The Labute approximate surface area is 160 Å². The predicted molar refractivity (Wildman–Crippen MR) is 101 cm³/mol. The summed E-state index contributed by atoms with van der Waals surface area (Å²) in [6.45, 7) is 0.687. The number of carbonyl (C=O) groups excluding carboxylic acids is 2. The van der Waals surface area contributed by atoms with Gasteiger partial charge in [-0.1, -0.05) is 6.07 Å². The van der Waals surface area contributed by atoms with Gasteiger partial charge in [0, 0.05) is 16.6 Å². The van der Waals surface area contributed by atoms with E-state index < -0.39 is 11.9 Å². The molecule has 142 valence electrons. The standard InChI is InChI=1S/C19H19NO6S/c1-23-14-4-2-3-13(9-14)20-18(21)11-26-19(22)12-27-15-5-6-16-17(10-15)25-8-7-24-16/h2-6,9-10H,7-8,11-12H2,1H3,(H,20,21). The number of benzene rings is 2. The minimum absolute atomic E-state index is 0.0894. The maximum Gasteiger partial charge on any atom is 0.316 e. The molecule has 2 aromatic rings. The van der Waals surface area contributed by atoms with Gasteiger partial charge in [-0.25, -0.2) is 0 Å². The number of amides is 1. The lowest BCUT2D eigenvalue weighted by molar-refractivity contribution is -0.144. The molecule has 0 unspecified atom stereocenters. The summed E-state index contributed by atoms with van der Waals surface area (Å²) in [7, 11) is 1.54. The summed E-state index contributed by atoms with van der Waals surface area (Å²) in [6.07, 6.45) is 0. The zero-order valence-corrected chi connectivity index (χ0v) is 15.5. The third kappa shape index (κ3) is 5.55. The van der Waals surface area contributed by atoms with Gasteiger partial charge in [0.2, 0.25) is 0 Å². The molecule has 1 heterocycles. The molecule has 1 N–H and O–H groups in total. The monoisotopic (exact) mass is 389 g/mol. The molecular formula is C19H19NO6S. The molecule has 8 heteroatoms. The van der Waals surface area contributed by atoms with Crippen molar-refractivity contribution in [2.75, 3.05) is 38.0 Å². The van der Waals surface area contributed by atoms with Crippen molar-refractivity contribution in [1.29, 1.82) is 0 Å². The van der Waals surface area contributed by atoms with E-state index in [1.807, 2.05) is 18.2 Å². The van der Waals surface area contributed by atoms with Gasteiger partial charge < -0.3 is 24.3 Å². The lowest BCUT2D eigenvalue weighted by Gasteiger charge is -2.18. The summed E-state index contributed by atoms with van der Waals surface area (Å²) in [6, 6.07) is 12.4. The molecule has 0 fully saturated rings. The topological polar surface area (TPSA) is 83.1 Å². The first-order chi connectivity index (χ1) is 13.1. The summed E-state index contributed by atoms with van der Waals surface area (Å²) < 4.78 is 21.1. The Hall–Kier alpha value is -2.87. The van der Waals surface area contributed by atoms with Gasteiger partial charge in [-0.2, -0.15) is 0 Å². The number of esters is 1. The molecule has 27 heavy (non-hydrogen) atoms. The molecule has 1 aliphatic rings. The van der Waals surface area contributed by atoms with Gasteiger partial charge in [-0.05, 0) is 30.3 Å². The van der Waals surface area contributed by atoms with Gasteiger partial charge >= 0.3 is 5.97 Å². The molecule has 0 atom stereocenters. The van der Waals surface area contributed by atoms with Crippen LogP contribution >= 0.6 is 11.8 Å². The Balaban J connectivity index is 1.42. The molecule has 0 saturated heterocycles. The summed E-state index contributed by atoms with van der Waals surface area (Å²) >= 11 is 1.30. The van der Waals surface area contributed by atoms with Gasteiger partial charge in [-0.15, -0.1) is 11.8 Å². The number of hydrogen-bond acceptors (Lipinski definition) is 7. The highest BCUT2D eigenvalue weighted by molar-refractivity contribution is 8.00. The largest absolute Gasteiger partial charge is 0.497 e. The third-order valence-electron chi connectivity index (χ3n) is 3.59. The number of nitrogens with one attached hydrogen (secondary N) is 1. The fourth-order valence-corrected chi connectivity index (χ4v) is 3.06. The number of fused-ring (bicyclic) bond motifs is 1. The molecular weight excluding hydrogens is 370 g/mol. The Kier molecular flexibility index (Phi) is 6.43. The second-order valence-electron chi connectivity index (χ2n) is 5.53. The van der Waals surface area contributed by atoms with Gasteiger partial charge in [0.1, 0.15) is 19.0 Å². The highest BCUT2D eigenvalue weighted by atomic mass is 32.2. The molecule has 0 bridgehead atoms. The first-order valence-electron chi connectivity index (χ1n) is 8.26. The van der Waals surface area contributed by atoms with E-state index in [-0.39, 0.29) is 12.4 Å². The Morgan fingerprint density at radius 2 is 1.93 bits per heavy atom. The van der Waals surface area contributed by atoms with Crippen LogP contribution in [0.15, 0.2) is 47.4 Å². The van der Waals surface area contributed by atoms with Crippen LogP contribution in [0.2, 0.25) is 0 Å². The van der Waals surface area contributed by atoms with E-state index in [4.69, 9.17) is 18.9 Å². The van der Waals surface area contributed by atoms with Crippen molar-refractivity contribution in [2.24, 2.45) is 0 Å². The molecule has 3 rings (SSSR count).